The van der Waals surface area contributed by atoms with Crippen molar-refractivity contribution in [1.82, 2.24) is 9.78 Å². The summed E-state index contributed by atoms with van der Waals surface area (Å²) in [7, 11) is 0. The highest BCUT2D eigenvalue weighted by molar-refractivity contribution is 6.43. The lowest BCUT2D eigenvalue weighted by Crippen LogP contribution is -2.05. The smallest absolute Gasteiger partial charge is 0.133 e. The fourth-order valence-electron chi connectivity index (χ4n) is 3.57. The van der Waals surface area contributed by atoms with E-state index in [-0.39, 0.29) is 0 Å². The molecule has 3 aromatic carbocycles. The summed E-state index contributed by atoms with van der Waals surface area (Å²) in [6, 6.07) is 20.4. The molecule has 0 unspecified atom stereocenters. The first-order valence-electron chi connectivity index (χ1n) is 8.52. The maximum atomic E-state index is 6.44. The maximum absolute atomic E-state index is 6.44. The van der Waals surface area contributed by atoms with Crippen molar-refractivity contribution in [3.05, 3.63) is 76.3 Å². The summed E-state index contributed by atoms with van der Waals surface area (Å²) in [5, 5.41) is 11.8. The molecule has 0 fully saturated rings. The zero-order valence-corrected chi connectivity index (χ0v) is 15.3. The van der Waals surface area contributed by atoms with Crippen LogP contribution in [0.2, 0.25) is 10.0 Å². The number of benzene rings is 3. The summed E-state index contributed by atoms with van der Waals surface area (Å²) >= 11 is 12.7. The van der Waals surface area contributed by atoms with E-state index in [1.165, 1.54) is 16.3 Å². The van der Waals surface area contributed by atoms with Crippen molar-refractivity contribution in [2.24, 2.45) is 0 Å². The minimum atomic E-state index is 0.512. The predicted molar refractivity (Wildman–Crippen MR) is 109 cm³/mol. The molecule has 0 aliphatic carbocycles. The molecule has 1 aliphatic heterocycles. The van der Waals surface area contributed by atoms with Crippen LogP contribution in [0.1, 0.15) is 5.56 Å². The molecular formula is C21H15Cl2N3. The largest absolute Gasteiger partial charge is 0.369 e. The van der Waals surface area contributed by atoms with Crippen LogP contribution < -0.4 is 5.32 Å². The van der Waals surface area contributed by atoms with E-state index in [4.69, 9.17) is 28.3 Å². The predicted octanol–water partition coefficient (Wildman–Crippen LogP) is 5.97. The molecule has 0 spiro atoms. The zero-order chi connectivity index (χ0) is 17.7. The number of halogens is 2. The number of rotatable bonds is 2. The van der Waals surface area contributed by atoms with Crippen LogP contribution in [0.5, 0.6) is 0 Å². The van der Waals surface area contributed by atoms with Crippen molar-refractivity contribution in [1.29, 1.82) is 0 Å². The summed E-state index contributed by atoms with van der Waals surface area (Å²) in [5.41, 5.74) is 4.11. The number of hydrogen-bond donors (Lipinski definition) is 1. The monoisotopic (exact) mass is 379 g/mol. The Balaban J connectivity index is 1.72. The molecule has 26 heavy (non-hydrogen) atoms. The molecule has 0 atom stereocenters. The van der Waals surface area contributed by atoms with Gasteiger partial charge in [0.25, 0.3) is 0 Å². The fourth-order valence-corrected chi connectivity index (χ4v) is 3.95. The van der Waals surface area contributed by atoms with Crippen molar-refractivity contribution >= 4 is 39.8 Å². The van der Waals surface area contributed by atoms with Gasteiger partial charge in [0.1, 0.15) is 5.82 Å². The second-order valence-electron chi connectivity index (χ2n) is 6.40. The Bertz CT molecular complexity index is 1150. The molecule has 1 aliphatic rings. The Labute approximate surface area is 161 Å². The van der Waals surface area contributed by atoms with Crippen LogP contribution in [-0.2, 0) is 6.42 Å². The van der Waals surface area contributed by atoms with E-state index in [1.54, 1.807) is 6.07 Å². The Morgan fingerprint density at radius 1 is 0.923 bits per heavy atom. The van der Waals surface area contributed by atoms with Gasteiger partial charge >= 0.3 is 0 Å². The minimum Gasteiger partial charge on any atom is -0.369 e. The summed E-state index contributed by atoms with van der Waals surface area (Å²) in [5.74, 6) is 0.998. The van der Waals surface area contributed by atoms with Gasteiger partial charge in [-0.05, 0) is 35.4 Å². The first-order chi connectivity index (χ1) is 12.7. The van der Waals surface area contributed by atoms with Crippen LogP contribution in [0.4, 0.5) is 5.82 Å². The third-order valence-corrected chi connectivity index (χ3v) is 5.64. The van der Waals surface area contributed by atoms with Crippen molar-refractivity contribution in [2.45, 2.75) is 6.42 Å². The molecule has 2 heterocycles. The SMILES string of the molecule is Clc1cccc(-n2nc(-c3ccc4ccccc4c3)c3c2NCC3)c1Cl. The van der Waals surface area contributed by atoms with Crippen LogP contribution in [0.25, 0.3) is 27.7 Å². The van der Waals surface area contributed by atoms with E-state index in [2.05, 4.69) is 47.8 Å². The highest BCUT2D eigenvalue weighted by Crippen LogP contribution is 2.38. The molecule has 4 aromatic rings. The number of nitrogens with one attached hydrogen (secondary N) is 1. The van der Waals surface area contributed by atoms with Gasteiger partial charge in [-0.1, -0.05) is 65.7 Å². The highest BCUT2D eigenvalue weighted by atomic mass is 35.5. The van der Waals surface area contributed by atoms with Crippen molar-refractivity contribution in [2.75, 3.05) is 11.9 Å². The lowest BCUT2D eigenvalue weighted by Gasteiger charge is -2.09. The summed E-state index contributed by atoms with van der Waals surface area (Å²) < 4.78 is 1.88. The zero-order valence-electron chi connectivity index (χ0n) is 13.8. The van der Waals surface area contributed by atoms with Crippen molar-refractivity contribution < 1.29 is 0 Å². The maximum Gasteiger partial charge on any atom is 0.133 e. The van der Waals surface area contributed by atoms with Gasteiger partial charge in [0.15, 0.2) is 0 Å². The lowest BCUT2D eigenvalue weighted by molar-refractivity contribution is 0.883. The van der Waals surface area contributed by atoms with Gasteiger partial charge in [0, 0.05) is 17.7 Å². The number of fused-ring (bicyclic) bond motifs is 2. The summed E-state index contributed by atoms with van der Waals surface area (Å²) in [4.78, 5) is 0. The fraction of sp³-hybridized carbons (Fsp3) is 0.0952. The average molecular weight is 380 g/mol. The molecule has 128 valence electrons. The minimum absolute atomic E-state index is 0.512. The van der Waals surface area contributed by atoms with Gasteiger partial charge in [0.2, 0.25) is 0 Å². The van der Waals surface area contributed by atoms with E-state index in [9.17, 15) is 0 Å². The number of nitrogens with zero attached hydrogens (tertiary/aromatic N) is 2. The number of anilines is 1. The van der Waals surface area contributed by atoms with Gasteiger partial charge in [-0.3, -0.25) is 0 Å². The van der Waals surface area contributed by atoms with Crippen LogP contribution in [0, 0.1) is 0 Å². The molecule has 0 bridgehead atoms. The second-order valence-corrected chi connectivity index (χ2v) is 7.18. The summed E-state index contributed by atoms with van der Waals surface area (Å²) in [6.45, 7) is 0.895. The number of hydrogen-bond acceptors (Lipinski definition) is 2. The van der Waals surface area contributed by atoms with E-state index in [1.807, 2.05) is 16.8 Å². The molecule has 0 radical (unpaired) electrons. The van der Waals surface area contributed by atoms with Crippen LogP contribution in [0.3, 0.4) is 0 Å². The van der Waals surface area contributed by atoms with Gasteiger partial charge in [0.05, 0.1) is 21.4 Å². The van der Waals surface area contributed by atoms with Crippen molar-refractivity contribution in [3.63, 3.8) is 0 Å². The molecule has 3 nitrogen and oxygen atoms in total. The Morgan fingerprint density at radius 3 is 2.65 bits per heavy atom. The van der Waals surface area contributed by atoms with E-state index < -0.39 is 0 Å². The quantitative estimate of drug-likeness (QED) is 0.465. The first-order valence-corrected chi connectivity index (χ1v) is 9.27. The molecular weight excluding hydrogens is 365 g/mol. The van der Waals surface area contributed by atoms with Crippen molar-refractivity contribution in [3.8, 4) is 16.9 Å². The Hall–Kier alpha value is -2.49. The molecule has 1 aromatic heterocycles. The second kappa shape index (κ2) is 6.04. The summed E-state index contributed by atoms with van der Waals surface area (Å²) in [6.07, 6.45) is 0.940. The topological polar surface area (TPSA) is 29.9 Å². The van der Waals surface area contributed by atoms with Gasteiger partial charge in [-0.15, -0.1) is 0 Å². The Morgan fingerprint density at radius 2 is 1.77 bits per heavy atom. The molecule has 0 amide bonds. The number of aromatic nitrogens is 2. The van der Waals surface area contributed by atoms with Crippen LogP contribution in [-0.4, -0.2) is 16.3 Å². The molecule has 5 heteroatoms. The van der Waals surface area contributed by atoms with E-state index >= 15 is 0 Å². The third kappa shape index (κ3) is 2.39. The Kier molecular flexibility index (Phi) is 3.66. The molecule has 0 saturated heterocycles. The lowest BCUT2D eigenvalue weighted by atomic mass is 10.0. The standard InChI is InChI=1S/C21H15Cl2N3/c22-17-6-3-7-18(19(17)23)26-21-16(10-11-24-21)20(25-26)15-9-8-13-4-1-2-5-14(13)12-15/h1-9,12,24H,10-11H2. The van der Waals surface area contributed by atoms with Crippen LogP contribution in [0.15, 0.2) is 60.7 Å². The van der Waals surface area contributed by atoms with E-state index in [0.717, 1.165) is 35.7 Å². The van der Waals surface area contributed by atoms with Gasteiger partial charge in [-0.2, -0.15) is 5.10 Å². The highest BCUT2D eigenvalue weighted by Gasteiger charge is 2.25. The third-order valence-electron chi connectivity index (χ3n) is 4.83. The molecule has 1 N–H and O–H groups in total. The van der Waals surface area contributed by atoms with Crippen LogP contribution >= 0.6 is 23.2 Å². The van der Waals surface area contributed by atoms with E-state index in [0.29, 0.717) is 10.0 Å². The average Bonchev–Trinajstić information content (AvgIpc) is 3.26. The van der Waals surface area contributed by atoms with Gasteiger partial charge in [-0.25, -0.2) is 4.68 Å². The molecule has 5 rings (SSSR count). The molecule has 0 saturated carbocycles. The normalized spacial score (nSPS) is 13.0. The van der Waals surface area contributed by atoms with Gasteiger partial charge < -0.3 is 5.32 Å². The first kappa shape index (κ1) is 15.7.